The van der Waals surface area contributed by atoms with Crippen molar-refractivity contribution in [1.29, 1.82) is 0 Å². The fourth-order valence-electron chi connectivity index (χ4n) is 6.25. The van der Waals surface area contributed by atoms with Gasteiger partial charge >= 0.3 is 50.5 Å². The smallest absolute Gasteiger partial charge is 0.0606 e. The first-order valence-electron chi connectivity index (χ1n) is 17.7. The monoisotopic (exact) mass is 1610 g/mol. The summed E-state index contributed by atoms with van der Waals surface area (Å²) in [4.78, 5) is 10.3. The molecule has 0 spiro atoms. The fraction of sp³-hybridized carbons (Fsp3) is 0.182. The van der Waals surface area contributed by atoms with Gasteiger partial charge in [-0.25, -0.2) is 0 Å². The third-order valence-electron chi connectivity index (χ3n) is 8.22. The number of aromatic nitrogens is 3. The Bertz CT molecular complexity index is 2200. The number of halogens is 8. The first-order chi connectivity index (χ1) is 27.7. The van der Waals surface area contributed by atoms with Crippen LogP contribution in [0, 0.1) is 20.8 Å². The van der Waals surface area contributed by atoms with Crippen LogP contribution < -0.4 is 13.3 Å². The van der Waals surface area contributed by atoms with Crippen molar-refractivity contribution in [2.24, 2.45) is 0 Å². The quantitative estimate of drug-likeness (QED) is 0.0770. The molecule has 3 aromatic heterocycles. The van der Waals surface area contributed by atoms with Crippen molar-refractivity contribution in [1.82, 2.24) is 15.0 Å². The Morgan fingerprint density at radius 2 is 0.614 bits per heavy atom. The molecule has 0 aliphatic carbocycles. The van der Waals surface area contributed by atoms with Crippen LogP contribution in [0.2, 0.25) is 27.3 Å². The van der Waals surface area contributed by atoms with E-state index in [-0.39, 0.29) is 0 Å². The van der Waals surface area contributed by atoms with Gasteiger partial charge in [0.05, 0.1) is 7.85 Å². The summed E-state index contributed by atoms with van der Waals surface area (Å²) in [6.45, 7) is 15.3. The van der Waals surface area contributed by atoms with Crippen LogP contribution in [0.15, 0.2) is 127 Å². The van der Waals surface area contributed by atoms with Crippen LogP contribution in [-0.2, 0) is 0 Å². The maximum atomic E-state index is 4.50. The third kappa shape index (κ3) is 16.9. The number of alkyl halides is 1. The fourth-order valence-corrected chi connectivity index (χ4v) is 6.25. The molecule has 13 heteroatoms. The Hall–Kier alpha value is 0.440. The average Bonchev–Trinajstić information content (AvgIpc) is 3.94. The topological polar surface area (TPSA) is 47.4 Å². The molecule has 0 saturated carbocycles. The zero-order valence-electron chi connectivity index (χ0n) is 33.3. The molecular weight excluding hydrogens is 1560 g/mol. The van der Waals surface area contributed by atoms with E-state index in [1.807, 2.05) is 5.83 Å². The van der Waals surface area contributed by atoms with Crippen molar-refractivity contribution in [3.05, 3.63) is 144 Å². The number of aryl methyl sites for hydroxylation is 3. The second kappa shape index (κ2) is 32.2. The van der Waals surface area contributed by atoms with Crippen LogP contribution in [-0.4, -0.2) is 35.3 Å². The predicted molar refractivity (Wildman–Crippen MR) is 316 cm³/mol. The summed E-state index contributed by atoms with van der Waals surface area (Å²) in [6.07, 6.45) is 0. The van der Waals surface area contributed by atoms with E-state index in [4.69, 9.17) is 0 Å². The van der Waals surface area contributed by atoms with E-state index in [9.17, 15) is 0 Å². The summed E-state index contributed by atoms with van der Waals surface area (Å²) < 4.78 is 0. The normalized spacial score (nSPS) is 9.53. The second-order valence-corrected chi connectivity index (χ2v) is 29.0. The van der Waals surface area contributed by atoms with Gasteiger partial charge in [-0.1, -0.05) is 134 Å². The number of hydrogen-bond donors (Lipinski definition) is 3. The molecule has 2 radical (unpaired) electrons. The summed E-state index contributed by atoms with van der Waals surface area (Å²) >= 11 is 16.7. The molecule has 3 nitrogen and oxygen atoms in total. The molecule has 0 unspecified atom stereocenters. The molecule has 0 saturated heterocycles. The van der Waals surface area contributed by atoms with Crippen LogP contribution in [0.5, 0.6) is 0 Å². The minimum atomic E-state index is 0.530. The van der Waals surface area contributed by atoms with Crippen LogP contribution in [0.3, 0.4) is 0 Å². The molecule has 3 N–H and O–H groups in total. The van der Waals surface area contributed by atoms with Crippen molar-refractivity contribution >= 4 is 208 Å². The van der Waals surface area contributed by atoms with Crippen molar-refractivity contribution < 1.29 is 13.3 Å². The van der Waals surface area contributed by atoms with Gasteiger partial charge in [0, 0.05) is 140 Å². The minimum absolute atomic E-state index is 0.530. The predicted octanol–water partition coefficient (Wildman–Crippen LogP) is 15.8. The van der Waals surface area contributed by atoms with E-state index in [1.165, 1.54) is 88.9 Å². The summed E-state index contributed by atoms with van der Waals surface area (Å²) in [5.74, 6) is 1.81. The molecule has 302 valence electrons. The van der Waals surface area contributed by atoms with Gasteiger partial charge < -0.3 is 15.0 Å². The van der Waals surface area contributed by atoms with E-state index in [2.05, 4.69) is 319 Å². The zero-order chi connectivity index (χ0) is 42.9. The Labute approximate surface area is 426 Å². The number of para-hydroxylation sites is 3. The first-order valence-corrected chi connectivity index (χ1v) is 44.5. The maximum Gasteiger partial charge on any atom is 0.0606 e. The van der Waals surface area contributed by atoms with E-state index < -0.39 is 0 Å². The number of nitrogens with one attached hydrogen (secondary N) is 3. The van der Waals surface area contributed by atoms with Gasteiger partial charge in [-0.05, 0) is 79.7 Å². The van der Waals surface area contributed by atoms with Gasteiger partial charge in [-0.3, -0.25) is 0 Å². The molecule has 0 aliphatic heterocycles. The zero-order valence-corrected chi connectivity index (χ0v) is 50.0. The first kappa shape index (κ1) is 55.5. The van der Waals surface area contributed by atoms with Crippen molar-refractivity contribution in [3.8, 4) is 0 Å². The SMILES string of the molecule is CB(C)C.CBr.Cc1cccc2[nH]c3ccccc3c12.Cc1cccc2[nH]c3ccccc3c12.Cc1cccc2[nH]c3ccccc3c12.II.II.I[I-]I.[B]C. The molecule has 6 aromatic carbocycles. The summed E-state index contributed by atoms with van der Waals surface area (Å²) in [5, 5.41) is 8.01. The number of rotatable bonds is 0. The van der Waals surface area contributed by atoms with Gasteiger partial charge in [-0.15, -0.1) is 0 Å². The van der Waals surface area contributed by atoms with Gasteiger partial charge in [-0.2, -0.15) is 0 Å². The minimum Gasteiger partial charge on any atom is -0.0999 e. The molecule has 3 heterocycles. The molecule has 0 atom stereocenters. The molecule has 0 aliphatic rings. The van der Waals surface area contributed by atoms with Crippen LogP contribution in [0.25, 0.3) is 65.4 Å². The molecule has 0 bridgehead atoms. The average molecular weight is 1610 g/mol. The van der Waals surface area contributed by atoms with Crippen molar-refractivity contribution in [2.45, 2.75) is 48.1 Å². The van der Waals surface area contributed by atoms with Gasteiger partial charge in [0.15, 0.2) is 0 Å². The van der Waals surface area contributed by atoms with Gasteiger partial charge in [0.2, 0.25) is 0 Å². The molecule has 57 heavy (non-hydrogen) atoms. The standard InChI is InChI=1S/3C13H11N.C3H9B.CH3B.CH3Br.I3.2I2/c3*1-9-5-4-8-12-13(9)10-6-2-3-7-11(10)14-12;1-4(2)3;2*1-2;1-3-2;2*1-2/h3*2-8,14H,1H3;1-3H3;2*1H3;;;/q;;;;;;-1;;. The number of aromatic amines is 3. The number of fused-ring (bicyclic) bond motifs is 9. The van der Waals surface area contributed by atoms with E-state index in [1.54, 1.807) is 0 Å². The Kier molecular flexibility index (Phi) is 31.3. The second-order valence-electron chi connectivity index (χ2n) is 12.8. The molecule has 0 amide bonds. The van der Waals surface area contributed by atoms with Crippen LogP contribution >= 0.6 is 128 Å². The summed E-state index contributed by atoms with van der Waals surface area (Å²) in [7, 11) is 4.50. The van der Waals surface area contributed by atoms with Gasteiger partial charge in [0.25, 0.3) is 0 Å². The van der Waals surface area contributed by atoms with Crippen LogP contribution in [0.1, 0.15) is 16.7 Å². The summed E-state index contributed by atoms with van der Waals surface area (Å²) in [6, 6.07) is 44.4. The van der Waals surface area contributed by atoms with E-state index in [0.717, 1.165) is 6.71 Å². The number of H-pyrrole nitrogens is 3. The Morgan fingerprint density at radius 1 is 0.421 bits per heavy atom. The number of benzene rings is 6. The van der Waals surface area contributed by atoms with E-state index >= 15 is 0 Å². The van der Waals surface area contributed by atoms with Gasteiger partial charge in [0.1, 0.15) is 6.71 Å². The molecular formula is C44H48B2BrI7N3-. The Balaban J connectivity index is 0.000000366. The Morgan fingerprint density at radius 3 is 0.842 bits per heavy atom. The molecule has 9 aromatic rings. The molecule has 0 fully saturated rings. The van der Waals surface area contributed by atoms with Crippen molar-refractivity contribution in [2.75, 3.05) is 5.83 Å². The third-order valence-corrected chi connectivity index (χ3v) is 8.22. The summed E-state index contributed by atoms with van der Waals surface area (Å²) in [5.41, 5.74) is 11.3. The largest absolute Gasteiger partial charge is 0.0999 e. The van der Waals surface area contributed by atoms with Crippen LogP contribution in [0.4, 0.5) is 0 Å². The van der Waals surface area contributed by atoms with E-state index in [0.29, 0.717) is 13.3 Å². The number of hydrogen-bond acceptors (Lipinski definition) is 0. The maximum absolute atomic E-state index is 4.50. The van der Waals surface area contributed by atoms with Crippen molar-refractivity contribution in [3.63, 3.8) is 0 Å². The molecule has 9 rings (SSSR count).